The van der Waals surface area contributed by atoms with E-state index in [2.05, 4.69) is 16.9 Å². The van der Waals surface area contributed by atoms with Crippen LogP contribution in [0.25, 0.3) is 0 Å². The van der Waals surface area contributed by atoms with Crippen molar-refractivity contribution in [2.24, 2.45) is 4.99 Å². The molecule has 0 bridgehead atoms. The highest BCUT2D eigenvalue weighted by Crippen LogP contribution is 2.13. The molecule has 124 valence electrons. The molecular weight excluding hydrogens is 312 g/mol. The van der Waals surface area contributed by atoms with Gasteiger partial charge < -0.3 is 15.1 Å². The van der Waals surface area contributed by atoms with Gasteiger partial charge >= 0.3 is 0 Å². The van der Waals surface area contributed by atoms with Crippen molar-refractivity contribution in [3.8, 4) is 0 Å². The lowest BCUT2D eigenvalue weighted by atomic mass is 10.2. The average molecular weight is 335 g/mol. The largest absolute Gasteiger partial charge is 0.356 e. The van der Waals surface area contributed by atoms with E-state index in [1.807, 2.05) is 41.0 Å². The van der Waals surface area contributed by atoms with Crippen LogP contribution in [0, 0.1) is 0 Å². The van der Waals surface area contributed by atoms with E-state index in [9.17, 15) is 4.79 Å². The van der Waals surface area contributed by atoms with Gasteiger partial charge in [-0.05, 0) is 24.6 Å². The highest BCUT2D eigenvalue weighted by molar-refractivity contribution is 6.30. The first-order chi connectivity index (χ1) is 11.1. The van der Waals surface area contributed by atoms with Crippen molar-refractivity contribution < 1.29 is 4.79 Å². The fourth-order valence-corrected chi connectivity index (χ4v) is 2.57. The van der Waals surface area contributed by atoms with Crippen LogP contribution in [0.5, 0.6) is 0 Å². The third-order valence-corrected chi connectivity index (χ3v) is 3.86. The molecule has 1 saturated heterocycles. The number of halogens is 1. The highest BCUT2D eigenvalue weighted by atomic mass is 35.5. The predicted molar refractivity (Wildman–Crippen MR) is 94.6 cm³/mol. The minimum absolute atomic E-state index is 0.107. The second kappa shape index (κ2) is 8.58. The molecule has 23 heavy (non-hydrogen) atoms. The van der Waals surface area contributed by atoms with Crippen molar-refractivity contribution in [3.05, 3.63) is 47.5 Å². The zero-order valence-corrected chi connectivity index (χ0v) is 14.2. The number of hydrogen-bond acceptors (Lipinski definition) is 2. The van der Waals surface area contributed by atoms with Crippen molar-refractivity contribution in [1.82, 2.24) is 15.1 Å². The third kappa shape index (κ3) is 4.99. The maximum atomic E-state index is 12.4. The van der Waals surface area contributed by atoms with Crippen molar-refractivity contribution in [1.29, 1.82) is 0 Å². The van der Waals surface area contributed by atoms with Gasteiger partial charge in [-0.3, -0.25) is 4.79 Å². The van der Waals surface area contributed by atoms with E-state index >= 15 is 0 Å². The molecule has 5 nitrogen and oxygen atoms in total. The molecule has 0 aromatic heterocycles. The Morgan fingerprint density at radius 1 is 1.39 bits per heavy atom. The number of carbonyl (C=O) groups excluding carboxylic acids is 1. The van der Waals surface area contributed by atoms with E-state index in [0.717, 1.165) is 24.6 Å². The van der Waals surface area contributed by atoms with Crippen LogP contribution in [0.3, 0.4) is 0 Å². The zero-order chi connectivity index (χ0) is 16.7. The normalized spacial score (nSPS) is 15.7. The Morgan fingerprint density at radius 3 is 2.74 bits per heavy atom. The van der Waals surface area contributed by atoms with E-state index in [1.165, 1.54) is 0 Å². The Balaban J connectivity index is 1.97. The van der Waals surface area contributed by atoms with E-state index in [1.54, 1.807) is 6.08 Å². The van der Waals surface area contributed by atoms with Crippen LogP contribution in [-0.4, -0.2) is 54.4 Å². The van der Waals surface area contributed by atoms with Crippen LogP contribution in [0.4, 0.5) is 0 Å². The molecule has 0 spiro atoms. The fraction of sp³-hybridized carbons (Fsp3) is 0.412. The zero-order valence-electron chi connectivity index (χ0n) is 13.5. The van der Waals surface area contributed by atoms with Crippen molar-refractivity contribution in [2.75, 3.05) is 32.7 Å². The standard InChI is InChI=1S/C17H23ClN4O/c1-3-9-20-17(19-4-2)22-11-10-21(16(23)13-22)12-14-5-7-15(18)8-6-14/h3,5-8H,1,4,9-13H2,2H3,(H,19,20). The molecule has 0 radical (unpaired) electrons. The predicted octanol–water partition coefficient (Wildman–Crippen LogP) is 2.14. The van der Waals surface area contributed by atoms with Crippen LogP contribution in [-0.2, 0) is 11.3 Å². The van der Waals surface area contributed by atoms with Gasteiger partial charge in [0.25, 0.3) is 0 Å². The summed E-state index contributed by atoms with van der Waals surface area (Å²) in [6.45, 7) is 9.42. The van der Waals surface area contributed by atoms with Gasteiger partial charge in [0.2, 0.25) is 5.91 Å². The SMILES string of the molecule is C=CCN=C(NCC)N1CCN(Cc2ccc(Cl)cc2)C(=O)C1. The number of carbonyl (C=O) groups is 1. The van der Waals surface area contributed by atoms with Crippen molar-refractivity contribution in [2.45, 2.75) is 13.5 Å². The van der Waals surface area contributed by atoms with Gasteiger partial charge in [0.05, 0.1) is 13.1 Å². The molecule has 0 atom stereocenters. The maximum absolute atomic E-state index is 12.4. The molecule has 0 saturated carbocycles. The number of nitrogens with one attached hydrogen (secondary N) is 1. The molecule has 0 unspecified atom stereocenters. The van der Waals surface area contributed by atoms with Crippen molar-refractivity contribution in [3.63, 3.8) is 0 Å². The first-order valence-corrected chi connectivity index (χ1v) is 8.18. The summed E-state index contributed by atoms with van der Waals surface area (Å²) in [6.07, 6.45) is 1.75. The van der Waals surface area contributed by atoms with Crippen LogP contribution >= 0.6 is 11.6 Å². The van der Waals surface area contributed by atoms with E-state index < -0.39 is 0 Å². The Kier molecular flexibility index (Phi) is 6.47. The van der Waals surface area contributed by atoms with Gasteiger partial charge in [-0.1, -0.05) is 29.8 Å². The summed E-state index contributed by atoms with van der Waals surface area (Å²) >= 11 is 5.89. The lowest BCUT2D eigenvalue weighted by molar-refractivity contribution is -0.135. The van der Waals surface area contributed by atoms with Gasteiger partial charge in [0.15, 0.2) is 5.96 Å². The topological polar surface area (TPSA) is 47.9 Å². The van der Waals surface area contributed by atoms with E-state index in [4.69, 9.17) is 11.6 Å². The fourth-order valence-electron chi connectivity index (χ4n) is 2.44. The van der Waals surface area contributed by atoms with Gasteiger partial charge in [0.1, 0.15) is 0 Å². The molecule has 1 aromatic carbocycles. The van der Waals surface area contributed by atoms with Crippen LogP contribution < -0.4 is 5.32 Å². The molecule has 1 aliphatic heterocycles. The number of hydrogen-bond donors (Lipinski definition) is 1. The van der Waals surface area contributed by atoms with Gasteiger partial charge in [-0.15, -0.1) is 6.58 Å². The molecule has 1 aromatic rings. The molecule has 0 aliphatic carbocycles. The van der Waals surface area contributed by atoms with Crippen LogP contribution in [0.2, 0.25) is 5.02 Å². The van der Waals surface area contributed by atoms with Gasteiger partial charge in [-0.25, -0.2) is 4.99 Å². The van der Waals surface area contributed by atoms with E-state index in [0.29, 0.717) is 31.2 Å². The summed E-state index contributed by atoms with van der Waals surface area (Å²) in [5.74, 6) is 0.877. The first kappa shape index (κ1) is 17.3. The maximum Gasteiger partial charge on any atom is 0.242 e. The monoisotopic (exact) mass is 334 g/mol. The first-order valence-electron chi connectivity index (χ1n) is 7.80. The molecule has 1 aliphatic rings. The summed E-state index contributed by atoms with van der Waals surface area (Å²) in [4.78, 5) is 20.7. The Morgan fingerprint density at radius 2 is 2.13 bits per heavy atom. The number of rotatable bonds is 5. The Labute approximate surface area is 142 Å². The average Bonchev–Trinajstić information content (AvgIpc) is 2.55. The number of nitrogens with zero attached hydrogens (tertiary/aromatic N) is 3. The summed E-state index contributed by atoms with van der Waals surface area (Å²) in [7, 11) is 0. The molecule has 2 rings (SSSR count). The van der Waals surface area contributed by atoms with E-state index in [-0.39, 0.29) is 5.91 Å². The number of aliphatic imine (C=N–C) groups is 1. The Hall–Kier alpha value is -2.01. The second-order valence-electron chi connectivity index (χ2n) is 5.35. The second-order valence-corrected chi connectivity index (χ2v) is 5.78. The minimum atomic E-state index is 0.107. The minimum Gasteiger partial charge on any atom is -0.356 e. The highest BCUT2D eigenvalue weighted by Gasteiger charge is 2.25. The molecule has 1 heterocycles. The van der Waals surface area contributed by atoms with Crippen LogP contribution in [0.1, 0.15) is 12.5 Å². The molecule has 1 N–H and O–H groups in total. The van der Waals surface area contributed by atoms with Gasteiger partial charge in [-0.2, -0.15) is 0 Å². The Bertz CT molecular complexity index is 570. The molecular formula is C17H23ClN4O. The number of guanidine groups is 1. The van der Waals surface area contributed by atoms with Crippen LogP contribution in [0.15, 0.2) is 41.9 Å². The van der Waals surface area contributed by atoms with Crippen molar-refractivity contribution >= 4 is 23.5 Å². The molecule has 6 heteroatoms. The smallest absolute Gasteiger partial charge is 0.242 e. The number of amides is 1. The lowest BCUT2D eigenvalue weighted by Crippen LogP contribution is -2.54. The quantitative estimate of drug-likeness (QED) is 0.510. The number of benzene rings is 1. The molecule has 1 amide bonds. The summed E-state index contributed by atoms with van der Waals surface area (Å²) in [5.41, 5.74) is 1.09. The lowest BCUT2D eigenvalue weighted by Gasteiger charge is -2.36. The summed E-state index contributed by atoms with van der Waals surface area (Å²) < 4.78 is 0. The summed E-state index contributed by atoms with van der Waals surface area (Å²) in [6, 6.07) is 7.61. The third-order valence-electron chi connectivity index (χ3n) is 3.61. The number of piperazine rings is 1. The molecule has 1 fully saturated rings. The summed E-state index contributed by atoms with van der Waals surface area (Å²) in [5, 5.41) is 3.93. The van der Waals surface area contributed by atoms with Gasteiger partial charge in [0, 0.05) is 31.2 Å².